The number of likely N-dealkylation sites (tertiary alicyclic amines) is 1. The summed E-state index contributed by atoms with van der Waals surface area (Å²) in [4.78, 5) is 19.3. The number of carbonyl (C=O) groups is 1. The lowest BCUT2D eigenvalue weighted by Gasteiger charge is -2.31. The molecule has 4 rings (SSSR count). The van der Waals surface area contributed by atoms with Crippen LogP contribution in [0.2, 0.25) is 0 Å². The highest BCUT2D eigenvalue weighted by atomic mass is 19.1. The molecule has 0 bridgehead atoms. The highest BCUT2D eigenvalue weighted by Crippen LogP contribution is 2.28. The average Bonchev–Trinajstić information content (AvgIpc) is 3.27. The first-order valence-electron chi connectivity index (χ1n) is 9.54. The fourth-order valence-corrected chi connectivity index (χ4v) is 3.97. The molecule has 28 heavy (non-hydrogen) atoms. The van der Waals surface area contributed by atoms with Crippen molar-refractivity contribution in [1.29, 1.82) is 0 Å². The fourth-order valence-electron chi connectivity index (χ4n) is 3.97. The first-order valence-corrected chi connectivity index (χ1v) is 9.54. The normalized spacial score (nSPS) is 17.8. The van der Waals surface area contributed by atoms with Crippen LogP contribution in [0.5, 0.6) is 0 Å². The van der Waals surface area contributed by atoms with Crippen LogP contribution in [0, 0.1) is 11.7 Å². The van der Waals surface area contributed by atoms with Gasteiger partial charge in [0.25, 0.3) is 0 Å². The van der Waals surface area contributed by atoms with Crippen molar-refractivity contribution < 1.29 is 9.18 Å². The van der Waals surface area contributed by atoms with E-state index in [2.05, 4.69) is 15.0 Å². The summed E-state index contributed by atoms with van der Waals surface area (Å²) in [5.74, 6) is 0.269. The Labute approximate surface area is 163 Å². The maximum absolute atomic E-state index is 14.3. The second kappa shape index (κ2) is 7.67. The summed E-state index contributed by atoms with van der Waals surface area (Å²) in [6.07, 6.45) is 7.21. The Bertz CT molecular complexity index is 992. The van der Waals surface area contributed by atoms with Crippen LogP contribution in [-0.4, -0.2) is 43.1 Å². The number of aromatic nitrogens is 4. The molecule has 6 nitrogen and oxygen atoms in total. The summed E-state index contributed by atoms with van der Waals surface area (Å²) in [7, 11) is 3.69. The summed E-state index contributed by atoms with van der Waals surface area (Å²) in [5.41, 5.74) is 2.14. The lowest BCUT2D eigenvalue weighted by atomic mass is 9.93. The minimum Gasteiger partial charge on any atom is -0.332 e. The minimum atomic E-state index is -0.274. The van der Waals surface area contributed by atoms with E-state index >= 15 is 0 Å². The van der Waals surface area contributed by atoms with Crippen LogP contribution in [-0.2, 0) is 20.6 Å². The van der Waals surface area contributed by atoms with E-state index < -0.39 is 0 Å². The van der Waals surface area contributed by atoms with Crippen LogP contribution in [0.1, 0.15) is 29.0 Å². The van der Waals surface area contributed by atoms with E-state index in [0.717, 1.165) is 24.9 Å². The van der Waals surface area contributed by atoms with Gasteiger partial charge in [-0.05, 0) is 31.5 Å². The van der Waals surface area contributed by atoms with Crippen LogP contribution < -0.4 is 0 Å². The molecule has 0 amide bonds. The molecule has 2 aromatic heterocycles. The number of ketones is 1. The number of benzene rings is 1. The van der Waals surface area contributed by atoms with Gasteiger partial charge in [0, 0.05) is 62.8 Å². The fraction of sp³-hybridized carbons (Fsp3) is 0.381. The van der Waals surface area contributed by atoms with Gasteiger partial charge < -0.3 is 4.57 Å². The van der Waals surface area contributed by atoms with Gasteiger partial charge in [0.05, 0.1) is 5.69 Å². The average molecular weight is 381 g/mol. The van der Waals surface area contributed by atoms with E-state index in [-0.39, 0.29) is 17.5 Å². The van der Waals surface area contributed by atoms with Gasteiger partial charge in [0.1, 0.15) is 5.82 Å². The highest BCUT2D eigenvalue weighted by Gasteiger charge is 2.29. The molecular formula is C21H24FN5O. The van der Waals surface area contributed by atoms with Crippen LogP contribution in [0.15, 0.2) is 42.9 Å². The van der Waals surface area contributed by atoms with Crippen molar-refractivity contribution in [2.45, 2.75) is 19.4 Å². The number of aryl methyl sites for hydroxylation is 2. The number of imidazole rings is 1. The summed E-state index contributed by atoms with van der Waals surface area (Å²) >= 11 is 0. The molecule has 3 aromatic rings. The van der Waals surface area contributed by atoms with Crippen molar-refractivity contribution in [1.82, 2.24) is 24.2 Å². The molecule has 1 aliphatic heterocycles. The molecular weight excluding hydrogens is 357 g/mol. The number of nitrogens with zero attached hydrogens (tertiary/aromatic N) is 5. The highest BCUT2D eigenvalue weighted by molar-refractivity contribution is 5.95. The SMILES string of the molecule is Cn1cc(CN2CCC[C@H](C(=O)c3nccn3C)C2)c(-c2ccccc2F)n1. The van der Waals surface area contributed by atoms with Crippen molar-refractivity contribution >= 4 is 5.78 Å². The Morgan fingerprint density at radius 1 is 1.29 bits per heavy atom. The van der Waals surface area contributed by atoms with E-state index in [1.807, 2.05) is 26.4 Å². The van der Waals surface area contributed by atoms with Crippen LogP contribution in [0.25, 0.3) is 11.3 Å². The van der Waals surface area contributed by atoms with Gasteiger partial charge in [-0.1, -0.05) is 12.1 Å². The predicted octanol–water partition coefficient (Wildman–Crippen LogP) is 3.05. The van der Waals surface area contributed by atoms with E-state index in [4.69, 9.17) is 0 Å². The number of hydrogen-bond donors (Lipinski definition) is 0. The van der Waals surface area contributed by atoms with E-state index in [1.165, 1.54) is 6.07 Å². The molecule has 1 fully saturated rings. The molecule has 1 saturated heterocycles. The lowest BCUT2D eigenvalue weighted by molar-refractivity contribution is 0.0798. The van der Waals surface area contributed by atoms with Gasteiger partial charge in [0.15, 0.2) is 5.82 Å². The summed E-state index contributed by atoms with van der Waals surface area (Å²) in [6.45, 7) is 2.23. The number of halogens is 1. The standard InChI is InChI=1S/C21H24FN5O/c1-25-11-9-23-21(25)20(28)15-6-5-10-27(13-15)14-16-12-26(2)24-19(16)17-7-3-4-8-18(17)22/h3-4,7-9,11-12,15H,5-6,10,13-14H2,1-2H3/t15-/m0/s1. The largest absolute Gasteiger partial charge is 0.332 e. The van der Waals surface area contributed by atoms with Gasteiger partial charge in [0.2, 0.25) is 5.78 Å². The molecule has 3 heterocycles. The maximum Gasteiger partial charge on any atom is 0.202 e. The first-order chi connectivity index (χ1) is 13.5. The molecule has 0 unspecified atom stereocenters. The summed E-state index contributed by atoms with van der Waals surface area (Å²) < 4.78 is 17.8. The Morgan fingerprint density at radius 2 is 2.11 bits per heavy atom. The molecule has 0 aliphatic carbocycles. The summed E-state index contributed by atoms with van der Waals surface area (Å²) in [5, 5.41) is 4.48. The Balaban J connectivity index is 1.53. The molecule has 1 atom stereocenters. The Morgan fingerprint density at radius 3 is 2.86 bits per heavy atom. The zero-order valence-electron chi connectivity index (χ0n) is 16.2. The number of Topliss-reactive ketones (excluding diaryl/α,β-unsaturated/α-hetero) is 1. The lowest BCUT2D eigenvalue weighted by Crippen LogP contribution is -2.38. The number of carbonyl (C=O) groups excluding carboxylic acids is 1. The molecule has 0 saturated carbocycles. The third-order valence-electron chi connectivity index (χ3n) is 5.35. The number of piperidine rings is 1. The van der Waals surface area contributed by atoms with Crippen molar-refractivity contribution in [3.8, 4) is 11.3 Å². The molecule has 0 radical (unpaired) electrons. The molecule has 1 aromatic carbocycles. The quantitative estimate of drug-likeness (QED) is 0.638. The summed E-state index contributed by atoms with van der Waals surface area (Å²) in [6, 6.07) is 6.71. The minimum absolute atomic E-state index is 0.0663. The van der Waals surface area contributed by atoms with Crippen molar-refractivity contribution in [3.63, 3.8) is 0 Å². The van der Waals surface area contributed by atoms with E-state index in [9.17, 15) is 9.18 Å². The van der Waals surface area contributed by atoms with Crippen molar-refractivity contribution in [3.05, 3.63) is 60.1 Å². The number of rotatable bonds is 5. The number of hydrogen-bond acceptors (Lipinski definition) is 4. The van der Waals surface area contributed by atoms with Gasteiger partial charge in [-0.2, -0.15) is 5.10 Å². The molecule has 1 aliphatic rings. The molecule has 7 heteroatoms. The third-order valence-corrected chi connectivity index (χ3v) is 5.35. The zero-order valence-corrected chi connectivity index (χ0v) is 16.2. The second-order valence-electron chi connectivity index (χ2n) is 7.46. The van der Waals surface area contributed by atoms with Crippen molar-refractivity contribution in [2.24, 2.45) is 20.0 Å². The smallest absolute Gasteiger partial charge is 0.202 e. The topological polar surface area (TPSA) is 56.0 Å². The van der Waals surface area contributed by atoms with Crippen LogP contribution >= 0.6 is 0 Å². The van der Waals surface area contributed by atoms with Gasteiger partial charge in [-0.3, -0.25) is 14.4 Å². The van der Waals surface area contributed by atoms with Gasteiger partial charge in [-0.15, -0.1) is 0 Å². The van der Waals surface area contributed by atoms with Crippen LogP contribution in [0.4, 0.5) is 4.39 Å². The van der Waals surface area contributed by atoms with Crippen molar-refractivity contribution in [2.75, 3.05) is 13.1 Å². The Kier molecular flexibility index (Phi) is 5.09. The monoisotopic (exact) mass is 381 g/mol. The molecule has 0 N–H and O–H groups in total. The van der Waals surface area contributed by atoms with Gasteiger partial charge in [-0.25, -0.2) is 9.37 Å². The third kappa shape index (κ3) is 3.62. The molecule has 146 valence electrons. The molecule has 0 spiro atoms. The second-order valence-corrected chi connectivity index (χ2v) is 7.46. The predicted molar refractivity (Wildman–Crippen MR) is 104 cm³/mol. The van der Waals surface area contributed by atoms with Crippen LogP contribution in [0.3, 0.4) is 0 Å². The van der Waals surface area contributed by atoms with E-state index in [0.29, 0.717) is 30.2 Å². The van der Waals surface area contributed by atoms with E-state index in [1.54, 1.807) is 33.8 Å². The zero-order chi connectivity index (χ0) is 19.7. The Hall–Kier alpha value is -2.80. The first kappa shape index (κ1) is 18.6. The maximum atomic E-state index is 14.3. The van der Waals surface area contributed by atoms with Gasteiger partial charge >= 0.3 is 0 Å².